The zero-order chi connectivity index (χ0) is 14.5. The summed E-state index contributed by atoms with van der Waals surface area (Å²) in [5.41, 5.74) is 11.4. The lowest BCUT2D eigenvalue weighted by Crippen LogP contribution is -1.98. The number of allylic oxidation sites excluding steroid dienone is 8. The van der Waals surface area contributed by atoms with Crippen LogP contribution < -0.4 is 0 Å². The summed E-state index contributed by atoms with van der Waals surface area (Å²) in [6.07, 6.45) is 16.5. The van der Waals surface area contributed by atoms with Crippen molar-refractivity contribution in [2.24, 2.45) is 0 Å². The molecule has 1 nitrogen and oxygen atoms in total. The van der Waals surface area contributed by atoms with E-state index < -0.39 is 0 Å². The summed E-state index contributed by atoms with van der Waals surface area (Å²) < 4.78 is 0. The standard InChI is InChI=1S/C21H17N/c1-2-9-16-12-14(6-1)7-5-11-19-20(16)18-13-15-8-3-4-10-17(15)21(18)22-19/h1-10,22H,11-13H2/b7-5-. The number of nitrogens with one attached hydrogen (secondary N) is 1. The van der Waals surface area contributed by atoms with E-state index in [0.717, 1.165) is 19.3 Å². The fourth-order valence-electron chi connectivity index (χ4n) is 3.96. The normalized spacial score (nSPS) is 19.1. The van der Waals surface area contributed by atoms with E-state index >= 15 is 0 Å². The summed E-state index contributed by atoms with van der Waals surface area (Å²) in [4.78, 5) is 3.73. The van der Waals surface area contributed by atoms with Crippen LogP contribution in [0.2, 0.25) is 0 Å². The number of hydrogen-bond donors (Lipinski definition) is 1. The van der Waals surface area contributed by atoms with Crippen molar-refractivity contribution >= 4 is 5.57 Å². The molecule has 1 aromatic carbocycles. The number of benzene rings is 1. The van der Waals surface area contributed by atoms with Gasteiger partial charge in [-0.1, -0.05) is 60.7 Å². The maximum Gasteiger partial charge on any atom is 0.0501 e. The van der Waals surface area contributed by atoms with Crippen molar-refractivity contribution in [3.05, 3.63) is 88.7 Å². The minimum Gasteiger partial charge on any atom is -0.357 e. The van der Waals surface area contributed by atoms with Crippen LogP contribution in [0.4, 0.5) is 0 Å². The lowest BCUT2D eigenvalue weighted by molar-refractivity contribution is 1.11. The van der Waals surface area contributed by atoms with Gasteiger partial charge in [0.15, 0.2) is 0 Å². The van der Waals surface area contributed by atoms with Gasteiger partial charge in [0.2, 0.25) is 0 Å². The van der Waals surface area contributed by atoms with Gasteiger partial charge >= 0.3 is 0 Å². The number of hydrogen-bond acceptors (Lipinski definition) is 0. The molecule has 5 rings (SSSR count). The summed E-state index contributed by atoms with van der Waals surface area (Å²) in [5.74, 6) is 0. The Morgan fingerprint density at radius 2 is 1.86 bits per heavy atom. The smallest absolute Gasteiger partial charge is 0.0501 e. The molecule has 0 saturated heterocycles. The number of H-pyrrole nitrogens is 1. The molecule has 0 fully saturated rings. The molecular formula is C21H17N. The van der Waals surface area contributed by atoms with Crippen molar-refractivity contribution in [3.8, 4) is 11.3 Å². The SMILES string of the molecule is C1=CC=C2CC(=C1)/C=C\Cc1[nH]c3c(c12)Cc1ccccc1-3. The van der Waals surface area contributed by atoms with Crippen LogP contribution in [0.15, 0.2) is 66.3 Å². The first-order valence-corrected chi connectivity index (χ1v) is 7.95. The molecule has 1 aromatic heterocycles. The van der Waals surface area contributed by atoms with Gasteiger partial charge in [-0.05, 0) is 28.7 Å². The molecule has 0 spiro atoms. The minimum atomic E-state index is 0.985. The minimum absolute atomic E-state index is 0.985. The van der Waals surface area contributed by atoms with Gasteiger partial charge in [-0.2, -0.15) is 0 Å². The average Bonchev–Trinajstić information content (AvgIpc) is 2.92. The van der Waals surface area contributed by atoms with Crippen molar-refractivity contribution in [2.45, 2.75) is 19.3 Å². The Hall–Kier alpha value is -2.54. The fourth-order valence-corrected chi connectivity index (χ4v) is 3.96. The van der Waals surface area contributed by atoms with E-state index in [-0.39, 0.29) is 0 Å². The maximum atomic E-state index is 3.73. The average molecular weight is 283 g/mol. The van der Waals surface area contributed by atoms with Crippen molar-refractivity contribution < 1.29 is 0 Å². The highest BCUT2D eigenvalue weighted by atomic mass is 14.8. The third-order valence-electron chi connectivity index (χ3n) is 4.92. The van der Waals surface area contributed by atoms with Crippen LogP contribution in [0.3, 0.4) is 0 Å². The van der Waals surface area contributed by atoms with Gasteiger partial charge in [-0.25, -0.2) is 0 Å². The molecular weight excluding hydrogens is 266 g/mol. The molecule has 1 heterocycles. The lowest BCUT2D eigenvalue weighted by atomic mass is 9.91. The van der Waals surface area contributed by atoms with Crippen LogP contribution >= 0.6 is 0 Å². The number of rotatable bonds is 0. The monoisotopic (exact) mass is 283 g/mol. The van der Waals surface area contributed by atoms with E-state index in [9.17, 15) is 0 Å². The van der Waals surface area contributed by atoms with Crippen LogP contribution in [-0.2, 0) is 12.8 Å². The second-order valence-corrected chi connectivity index (χ2v) is 6.27. The molecule has 0 unspecified atom stereocenters. The Kier molecular flexibility index (Phi) is 2.45. The van der Waals surface area contributed by atoms with Gasteiger partial charge in [0.05, 0.1) is 5.69 Å². The van der Waals surface area contributed by atoms with Crippen LogP contribution in [0.25, 0.3) is 16.8 Å². The summed E-state index contributed by atoms with van der Waals surface area (Å²) in [7, 11) is 0. The van der Waals surface area contributed by atoms with Crippen LogP contribution in [-0.4, -0.2) is 4.98 Å². The van der Waals surface area contributed by atoms with E-state index in [1.165, 1.54) is 44.8 Å². The van der Waals surface area contributed by atoms with Crippen molar-refractivity contribution in [2.75, 3.05) is 0 Å². The molecule has 2 bridgehead atoms. The molecule has 3 aliphatic carbocycles. The molecule has 0 radical (unpaired) electrons. The zero-order valence-corrected chi connectivity index (χ0v) is 12.4. The van der Waals surface area contributed by atoms with Gasteiger partial charge in [0.25, 0.3) is 0 Å². The Balaban J connectivity index is 1.76. The van der Waals surface area contributed by atoms with Crippen LogP contribution in [0, 0.1) is 0 Å². The van der Waals surface area contributed by atoms with Crippen molar-refractivity contribution in [3.63, 3.8) is 0 Å². The molecule has 0 aliphatic heterocycles. The van der Waals surface area contributed by atoms with Crippen LogP contribution in [0.5, 0.6) is 0 Å². The highest BCUT2D eigenvalue weighted by molar-refractivity contribution is 5.85. The Morgan fingerprint density at radius 3 is 2.86 bits per heavy atom. The Morgan fingerprint density at radius 1 is 0.955 bits per heavy atom. The second kappa shape index (κ2) is 4.48. The molecule has 22 heavy (non-hydrogen) atoms. The molecule has 1 N–H and O–H groups in total. The predicted molar refractivity (Wildman–Crippen MR) is 91.7 cm³/mol. The third-order valence-corrected chi connectivity index (χ3v) is 4.92. The Bertz CT molecular complexity index is 900. The molecule has 0 atom stereocenters. The number of aromatic nitrogens is 1. The van der Waals surface area contributed by atoms with E-state index in [0.29, 0.717) is 0 Å². The van der Waals surface area contributed by atoms with E-state index in [2.05, 4.69) is 65.7 Å². The van der Waals surface area contributed by atoms with E-state index in [4.69, 9.17) is 0 Å². The molecule has 2 aromatic rings. The van der Waals surface area contributed by atoms with E-state index in [1.807, 2.05) is 0 Å². The maximum absolute atomic E-state index is 3.73. The highest BCUT2D eigenvalue weighted by Gasteiger charge is 2.27. The molecule has 106 valence electrons. The topological polar surface area (TPSA) is 15.8 Å². The van der Waals surface area contributed by atoms with E-state index in [1.54, 1.807) is 0 Å². The lowest BCUT2D eigenvalue weighted by Gasteiger charge is -2.13. The second-order valence-electron chi connectivity index (χ2n) is 6.27. The van der Waals surface area contributed by atoms with Gasteiger partial charge in [-0.3, -0.25) is 0 Å². The summed E-state index contributed by atoms with van der Waals surface area (Å²) in [5, 5.41) is 0. The highest BCUT2D eigenvalue weighted by Crippen LogP contribution is 2.43. The first kappa shape index (κ1) is 12.0. The zero-order valence-electron chi connectivity index (χ0n) is 12.4. The van der Waals surface area contributed by atoms with Gasteiger partial charge < -0.3 is 4.98 Å². The van der Waals surface area contributed by atoms with Gasteiger partial charge in [0, 0.05) is 29.7 Å². The third kappa shape index (κ3) is 1.66. The summed E-state index contributed by atoms with van der Waals surface area (Å²) >= 11 is 0. The largest absolute Gasteiger partial charge is 0.357 e. The van der Waals surface area contributed by atoms with Crippen molar-refractivity contribution in [1.29, 1.82) is 0 Å². The van der Waals surface area contributed by atoms with Gasteiger partial charge in [-0.15, -0.1) is 0 Å². The quantitative estimate of drug-likeness (QED) is 0.599. The van der Waals surface area contributed by atoms with Crippen molar-refractivity contribution in [1.82, 2.24) is 4.98 Å². The predicted octanol–water partition coefficient (Wildman–Crippen LogP) is 4.97. The molecule has 1 heteroatoms. The fraction of sp³-hybridized carbons (Fsp3) is 0.143. The molecule has 0 saturated carbocycles. The first-order chi connectivity index (χ1) is 10.9. The molecule has 0 amide bonds. The molecule has 3 aliphatic rings. The number of aromatic amines is 1. The van der Waals surface area contributed by atoms with Gasteiger partial charge in [0.1, 0.15) is 0 Å². The Labute approximate surface area is 130 Å². The van der Waals surface area contributed by atoms with Crippen LogP contribution in [0.1, 0.15) is 28.8 Å². The summed E-state index contributed by atoms with van der Waals surface area (Å²) in [6, 6.07) is 8.78. The first-order valence-electron chi connectivity index (χ1n) is 7.95. The summed E-state index contributed by atoms with van der Waals surface area (Å²) in [6.45, 7) is 0. The number of fused-ring (bicyclic) bond motifs is 8.